The van der Waals surface area contributed by atoms with E-state index in [0.717, 1.165) is 33.1 Å². The van der Waals surface area contributed by atoms with Gasteiger partial charge >= 0.3 is 0 Å². The predicted octanol–water partition coefficient (Wildman–Crippen LogP) is 6.56. The molecule has 0 spiro atoms. The highest BCUT2D eigenvalue weighted by Gasteiger charge is 2.17. The zero-order valence-corrected chi connectivity index (χ0v) is 22.9. The molecule has 43 heavy (non-hydrogen) atoms. The number of ether oxygens (including phenoxy) is 1. The molecule has 4 aromatic heterocycles. The summed E-state index contributed by atoms with van der Waals surface area (Å²) < 4.78 is 19.5. The van der Waals surface area contributed by atoms with Crippen LogP contribution < -0.4 is 10.1 Å². The van der Waals surface area contributed by atoms with Gasteiger partial charge < -0.3 is 15.0 Å². The number of carbonyl (C=O) groups is 1. The molecule has 1 amide bonds. The molecular weight excluding hydrogens is 545 g/mol. The van der Waals surface area contributed by atoms with Crippen LogP contribution in [0.3, 0.4) is 0 Å². The Bertz CT molecular complexity index is 2120. The lowest BCUT2D eigenvalue weighted by Crippen LogP contribution is -2.14. The number of fused-ring (bicyclic) bond motifs is 2. The highest BCUT2D eigenvalue weighted by molar-refractivity contribution is 5.98. The van der Waals surface area contributed by atoms with Crippen LogP contribution in [-0.2, 0) is 11.2 Å². The molecule has 0 radical (unpaired) electrons. The summed E-state index contributed by atoms with van der Waals surface area (Å²) in [6.45, 7) is 0. The number of methoxy groups -OCH3 is 1. The monoisotopic (exact) mass is 569 g/mol. The van der Waals surface area contributed by atoms with Crippen LogP contribution in [0.4, 0.5) is 10.1 Å². The minimum atomic E-state index is -0.427. The van der Waals surface area contributed by atoms with Gasteiger partial charge in [0.1, 0.15) is 22.8 Å². The standard InChI is InChI=1S/C33H24FN7O2/c1-43-25-14-21(12-23(34)16-25)30-32-28(9-10-36-30)38-33(39-32)31-26-15-20(7-8-27(26)40-41-31)22-13-24(18-35-17-22)37-29(42)11-19-5-3-2-4-6-19/h2-10,12-18H,11H2,1H3,(H,37,42)(H,38,39)(H,40,41). The highest BCUT2D eigenvalue weighted by Crippen LogP contribution is 2.33. The second-order valence-electron chi connectivity index (χ2n) is 10.0. The molecule has 0 aliphatic heterocycles. The van der Waals surface area contributed by atoms with E-state index in [9.17, 15) is 9.18 Å². The number of aromatic nitrogens is 6. The van der Waals surface area contributed by atoms with Crippen LogP contribution >= 0.6 is 0 Å². The summed E-state index contributed by atoms with van der Waals surface area (Å²) in [7, 11) is 1.49. The van der Waals surface area contributed by atoms with Crippen LogP contribution in [0.25, 0.3) is 55.8 Å². The molecule has 0 fully saturated rings. The molecule has 0 saturated carbocycles. The van der Waals surface area contributed by atoms with E-state index in [-0.39, 0.29) is 12.3 Å². The SMILES string of the molecule is COc1cc(F)cc(-c2nccc3[nH]c(-c4n[nH]c5ccc(-c6cncc(NC(=O)Cc7ccccc7)c6)cc45)nc23)c1. The Morgan fingerprint density at radius 3 is 2.65 bits per heavy atom. The molecule has 210 valence electrons. The largest absolute Gasteiger partial charge is 0.497 e. The summed E-state index contributed by atoms with van der Waals surface area (Å²) >= 11 is 0. The highest BCUT2D eigenvalue weighted by atomic mass is 19.1. The van der Waals surface area contributed by atoms with Crippen molar-refractivity contribution in [2.75, 3.05) is 12.4 Å². The lowest BCUT2D eigenvalue weighted by atomic mass is 10.0. The zero-order valence-electron chi connectivity index (χ0n) is 22.9. The number of hydrogen-bond donors (Lipinski definition) is 3. The Balaban J connectivity index is 1.22. The van der Waals surface area contributed by atoms with Gasteiger partial charge in [0, 0.05) is 35.0 Å². The molecule has 0 aliphatic carbocycles. The first-order valence-electron chi connectivity index (χ1n) is 13.5. The Morgan fingerprint density at radius 1 is 0.907 bits per heavy atom. The minimum Gasteiger partial charge on any atom is -0.497 e. The van der Waals surface area contributed by atoms with Gasteiger partial charge in [-0.2, -0.15) is 5.10 Å². The average Bonchev–Trinajstić information content (AvgIpc) is 3.65. The van der Waals surface area contributed by atoms with Crippen molar-refractivity contribution in [2.24, 2.45) is 0 Å². The van der Waals surface area contributed by atoms with Crippen LogP contribution in [0.15, 0.2) is 97.5 Å². The summed E-state index contributed by atoms with van der Waals surface area (Å²) in [5.41, 5.74) is 7.12. The van der Waals surface area contributed by atoms with E-state index in [0.29, 0.717) is 39.7 Å². The average molecular weight is 570 g/mol. The third-order valence-electron chi connectivity index (χ3n) is 7.13. The summed E-state index contributed by atoms with van der Waals surface area (Å²) in [5, 5.41) is 11.4. The first-order chi connectivity index (χ1) is 21.0. The zero-order chi connectivity index (χ0) is 29.3. The minimum absolute atomic E-state index is 0.117. The molecule has 7 aromatic rings. The molecule has 3 aromatic carbocycles. The molecule has 0 aliphatic rings. The molecule has 0 saturated heterocycles. The van der Waals surface area contributed by atoms with Crippen LogP contribution in [0.1, 0.15) is 5.56 Å². The first-order valence-corrected chi connectivity index (χ1v) is 13.5. The van der Waals surface area contributed by atoms with Crippen molar-refractivity contribution < 1.29 is 13.9 Å². The van der Waals surface area contributed by atoms with Crippen molar-refractivity contribution >= 4 is 33.5 Å². The fourth-order valence-electron chi connectivity index (χ4n) is 5.10. The van der Waals surface area contributed by atoms with E-state index in [1.807, 2.05) is 60.7 Å². The quantitative estimate of drug-likeness (QED) is 0.200. The summed E-state index contributed by atoms with van der Waals surface area (Å²) in [6, 6.07) is 23.6. The molecule has 4 heterocycles. The second-order valence-corrected chi connectivity index (χ2v) is 10.0. The first kappa shape index (κ1) is 26.0. The molecule has 7 rings (SSSR count). The Hall–Kier alpha value is -5.90. The van der Waals surface area contributed by atoms with Crippen LogP contribution in [-0.4, -0.2) is 43.2 Å². The Labute approximate surface area is 244 Å². The van der Waals surface area contributed by atoms with Crippen LogP contribution in [0.5, 0.6) is 5.75 Å². The molecule has 3 N–H and O–H groups in total. The van der Waals surface area contributed by atoms with Gasteiger partial charge in [-0.3, -0.25) is 19.9 Å². The van der Waals surface area contributed by atoms with Gasteiger partial charge in [-0.1, -0.05) is 36.4 Å². The smallest absolute Gasteiger partial charge is 0.228 e. The van der Waals surface area contributed by atoms with Gasteiger partial charge in [-0.15, -0.1) is 0 Å². The normalized spacial score (nSPS) is 11.2. The van der Waals surface area contributed by atoms with Gasteiger partial charge in [0.2, 0.25) is 5.91 Å². The topological polar surface area (TPSA) is 121 Å². The number of nitrogens with zero attached hydrogens (tertiary/aromatic N) is 4. The number of amides is 1. The molecule has 0 atom stereocenters. The predicted molar refractivity (Wildman–Crippen MR) is 163 cm³/mol. The number of imidazole rings is 1. The number of carbonyl (C=O) groups excluding carboxylic acids is 1. The van der Waals surface area contributed by atoms with Crippen molar-refractivity contribution in [1.82, 2.24) is 30.1 Å². The van der Waals surface area contributed by atoms with Gasteiger partial charge in [-0.05, 0) is 47.5 Å². The number of H-pyrrole nitrogens is 2. The molecule has 9 nitrogen and oxygen atoms in total. The van der Waals surface area contributed by atoms with Gasteiger partial charge in [0.15, 0.2) is 5.82 Å². The van der Waals surface area contributed by atoms with Crippen molar-refractivity contribution in [2.45, 2.75) is 6.42 Å². The molecule has 0 unspecified atom stereocenters. The van der Waals surface area contributed by atoms with Gasteiger partial charge in [0.05, 0.1) is 42.1 Å². The lowest BCUT2D eigenvalue weighted by Gasteiger charge is -2.08. The fraction of sp³-hybridized carbons (Fsp3) is 0.0606. The van der Waals surface area contributed by atoms with Gasteiger partial charge in [0.25, 0.3) is 0 Å². The summed E-state index contributed by atoms with van der Waals surface area (Å²) in [6.07, 6.45) is 5.30. The van der Waals surface area contributed by atoms with E-state index in [1.165, 1.54) is 19.2 Å². The molecule has 0 bridgehead atoms. The maximum absolute atomic E-state index is 14.3. The summed E-state index contributed by atoms with van der Waals surface area (Å²) in [5.74, 6) is 0.387. The fourth-order valence-corrected chi connectivity index (χ4v) is 5.10. The van der Waals surface area contributed by atoms with E-state index in [2.05, 4.69) is 30.5 Å². The van der Waals surface area contributed by atoms with Crippen molar-refractivity contribution in [3.63, 3.8) is 0 Å². The summed E-state index contributed by atoms with van der Waals surface area (Å²) in [4.78, 5) is 29.6. The third kappa shape index (κ3) is 5.17. The Morgan fingerprint density at radius 2 is 1.79 bits per heavy atom. The number of halogens is 1. The number of pyridine rings is 2. The molecular formula is C33H24FN7O2. The number of aromatic amines is 2. The van der Waals surface area contributed by atoms with Crippen LogP contribution in [0.2, 0.25) is 0 Å². The Kier molecular flexibility index (Phi) is 6.55. The maximum atomic E-state index is 14.3. The van der Waals surface area contributed by atoms with Gasteiger partial charge in [-0.25, -0.2) is 9.37 Å². The number of nitrogens with one attached hydrogen (secondary N) is 3. The van der Waals surface area contributed by atoms with E-state index < -0.39 is 5.82 Å². The van der Waals surface area contributed by atoms with Crippen molar-refractivity contribution in [3.8, 4) is 39.7 Å². The van der Waals surface area contributed by atoms with E-state index >= 15 is 0 Å². The van der Waals surface area contributed by atoms with Crippen molar-refractivity contribution in [1.29, 1.82) is 0 Å². The maximum Gasteiger partial charge on any atom is 0.228 e. The third-order valence-corrected chi connectivity index (χ3v) is 7.13. The lowest BCUT2D eigenvalue weighted by molar-refractivity contribution is -0.115. The van der Waals surface area contributed by atoms with Crippen molar-refractivity contribution in [3.05, 3.63) is 109 Å². The molecule has 10 heteroatoms. The van der Waals surface area contributed by atoms with Crippen LogP contribution in [0, 0.1) is 5.82 Å². The second kappa shape index (κ2) is 10.8. The van der Waals surface area contributed by atoms with E-state index in [1.54, 1.807) is 24.7 Å². The number of anilines is 1. The number of hydrogen-bond acceptors (Lipinski definition) is 6. The number of rotatable bonds is 7. The number of benzene rings is 3. The van der Waals surface area contributed by atoms with E-state index in [4.69, 9.17) is 9.72 Å².